The molecule has 66 valence electrons. The second-order valence-corrected chi connectivity index (χ2v) is 3.37. The Morgan fingerprint density at radius 2 is 0.917 bits per heavy atom. The van der Waals surface area contributed by atoms with Gasteiger partial charge in [-0.15, -0.1) is 0 Å². The zero-order valence-corrected chi connectivity index (χ0v) is 8.35. The molecule has 0 N–H and O–H groups in total. The van der Waals surface area contributed by atoms with Crippen LogP contribution in [0.25, 0.3) is 0 Å². The van der Waals surface area contributed by atoms with E-state index in [1.54, 1.807) is 16.7 Å². The van der Waals surface area contributed by atoms with Crippen LogP contribution in [0, 0.1) is 0 Å². The zero-order valence-electron chi connectivity index (χ0n) is 8.35. The minimum absolute atomic E-state index is 1.20. The first-order chi connectivity index (χ1) is 5.80. The number of allylic oxidation sites excluding steroid dienone is 6. The zero-order chi connectivity index (χ0) is 8.97. The third-order valence-corrected chi connectivity index (χ3v) is 2.59. The SMILES string of the molecule is CC=C1CC(=CC)CC(=CC)C1. The molecule has 0 nitrogen and oxygen atoms in total. The molecular weight excluding hydrogens is 144 g/mol. The van der Waals surface area contributed by atoms with Gasteiger partial charge >= 0.3 is 0 Å². The standard InChI is InChI=1S/C12H18/c1-4-10-7-11(5-2)9-12(6-3)8-10/h4-6H,7-9H2,1-3H3. The summed E-state index contributed by atoms with van der Waals surface area (Å²) in [5.41, 5.74) is 4.72. The van der Waals surface area contributed by atoms with Crippen LogP contribution < -0.4 is 0 Å². The van der Waals surface area contributed by atoms with Crippen molar-refractivity contribution in [3.8, 4) is 0 Å². The molecule has 0 aliphatic heterocycles. The van der Waals surface area contributed by atoms with E-state index >= 15 is 0 Å². The second kappa shape index (κ2) is 4.30. The fourth-order valence-corrected chi connectivity index (χ4v) is 1.67. The molecule has 0 heteroatoms. The Balaban J connectivity index is 2.79. The lowest BCUT2D eigenvalue weighted by Crippen LogP contribution is -2.00. The first-order valence-electron chi connectivity index (χ1n) is 4.72. The summed E-state index contributed by atoms with van der Waals surface area (Å²) in [7, 11) is 0. The van der Waals surface area contributed by atoms with E-state index < -0.39 is 0 Å². The van der Waals surface area contributed by atoms with Gasteiger partial charge in [0, 0.05) is 0 Å². The summed E-state index contributed by atoms with van der Waals surface area (Å²) < 4.78 is 0. The quantitative estimate of drug-likeness (QED) is 0.472. The van der Waals surface area contributed by atoms with E-state index in [0.717, 1.165) is 0 Å². The van der Waals surface area contributed by atoms with Crippen molar-refractivity contribution in [1.29, 1.82) is 0 Å². The van der Waals surface area contributed by atoms with Crippen molar-refractivity contribution in [2.24, 2.45) is 0 Å². The normalized spacial score (nSPS) is 17.8. The minimum atomic E-state index is 1.20. The molecule has 1 fully saturated rings. The Bertz CT molecular complexity index is 184. The average Bonchev–Trinajstić information content (AvgIpc) is 2.16. The molecule has 0 aromatic carbocycles. The fraction of sp³-hybridized carbons (Fsp3) is 0.500. The van der Waals surface area contributed by atoms with Gasteiger partial charge in [0.15, 0.2) is 0 Å². The summed E-state index contributed by atoms with van der Waals surface area (Å²) in [4.78, 5) is 0. The molecule has 0 unspecified atom stereocenters. The summed E-state index contributed by atoms with van der Waals surface area (Å²) in [5, 5.41) is 0. The highest BCUT2D eigenvalue weighted by Crippen LogP contribution is 2.31. The van der Waals surface area contributed by atoms with Gasteiger partial charge in [-0.3, -0.25) is 0 Å². The Morgan fingerprint density at radius 1 is 0.667 bits per heavy atom. The molecule has 0 radical (unpaired) electrons. The summed E-state index contributed by atoms with van der Waals surface area (Å²) in [6.45, 7) is 6.42. The second-order valence-electron chi connectivity index (χ2n) is 3.37. The van der Waals surface area contributed by atoms with Gasteiger partial charge in [0.25, 0.3) is 0 Å². The van der Waals surface area contributed by atoms with Crippen LogP contribution in [0.4, 0.5) is 0 Å². The highest BCUT2D eigenvalue weighted by atomic mass is 14.2. The van der Waals surface area contributed by atoms with Crippen LogP contribution in [-0.4, -0.2) is 0 Å². The maximum absolute atomic E-state index is 2.26. The van der Waals surface area contributed by atoms with E-state index in [2.05, 4.69) is 39.0 Å². The lowest BCUT2D eigenvalue weighted by molar-refractivity contribution is 0.851. The minimum Gasteiger partial charge on any atom is -0.0878 e. The molecule has 0 aromatic heterocycles. The molecule has 0 bridgehead atoms. The van der Waals surface area contributed by atoms with Crippen LogP contribution in [0.3, 0.4) is 0 Å². The van der Waals surface area contributed by atoms with Crippen molar-refractivity contribution < 1.29 is 0 Å². The monoisotopic (exact) mass is 162 g/mol. The van der Waals surface area contributed by atoms with Crippen molar-refractivity contribution in [2.45, 2.75) is 40.0 Å². The Hall–Kier alpha value is -0.780. The maximum Gasteiger partial charge on any atom is -0.0102 e. The van der Waals surface area contributed by atoms with Gasteiger partial charge in [-0.05, 0) is 40.0 Å². The Morgan fingerprint density at radius 3 is 1.08 bits per heavy atom. The summed E-state index contributed by atoms with van der Waals surface area (Å²) in [5.74, 6) is 0. The largest absolute Gasteiger partial charge is 0.0878 e. The van der Waals surface area contributed by atoms with Crippen molar-refractivity contribution in [3.63, 3.8) is 0 Å². The van der Waals surface area contributed by atoms with Crippen molar-refractivity contribution in [1.82, 2.24) is 0 Å². The van der Waals surface area contributed by atoms with E-state index in [9.17, 15) is 0 Å². The Kier molecular flexibility index (Phi) is 3.33. The summed E-state index contributed by atoms with van der Waals surface area (Å²) in [6.07, 6.45) is 10.4. The highest BCUT2D eigenvalue weighted by Gasteiger charge is 2.12. The van der Waals surface area contributed by atoms with E-state index in [1.165, 1.54) is 19.3 Å². The molecule has 1 saturated carbocycles. The Labute approximate surface area is 75.7 Å². The third-order valence-electron chi connectivity index (χ3n) is 2.59. The predicted octanol–water partition coefficient (Wildman–Crippen LogP) is 4.01. The topological polar surface area (TPSA) is 0 Å². The highest BCUT2D eigenvalue weighted by molar-refractivity contribution is 5.30. The van der Waals surface area contributed by atoms with Gasteiger partial charge in [0.1, 0.15) is 0 Å². The molecule has 1 aliphatic carbocycles. The van der Waals surface area contributed by atoms with Gasteiger partial charge < -0.3 is 0 Å². The molecule has 0 heterocycles. The summed E-state index contributed by atoms with van der Waals surface area (Å²) >= 11 is 0. The van der Waals surface area contributed by atoms with Crippen LogP contribution in [0.15, 0.2) is 34.9 Å². The molecule has 1 aliphatic rings. The molecule has 0 atom stereocenters. The molecule has 0 aromatic rings. The third kappa shape index (κ3) is 2.10. The van der Waals surface area contributed by atoms with Gasteiger partial charge in [-0.1, -0.05) is 34.9 Å². The van der Waals surface area contributed by atoms with Crippen LogP contribution in [-0.2, 0) is 0 Å². The molecule has 1 rings (SSSR count). The van der Waals surface area contributed by atoms with Crippen molar-refractivity contribution >= 4 is 0 Å². The smallest absolute Gasteiger partial charge is 0.0102 e. The molecule has 0 saturated heterocycles. The lowest BCUT2D eigenvalue weighted by atomic mass is 9.86. The average molecular weight is 162 g/mol. The number of hydrogen-bond acceptors (Lipinski definition) is 0. The van der Waals surface area contributed by atoms with Crippen LogP contribution in [0.1, 0.15) is 40.0 Å². The lowest BCUT2D eigenvalue weighted by Gasteiger charge is -2.20. The van der Waals surface area contributed by atoms with Gasteiger partial charge in [0.2, 0.25) is 0 Å². The first-order valence-corrected chi connectivity index (χ1v) is 4.72. The van der Waals surface area contributed by atoms with E-state index in [0.29, 0.717) is 0 Å². The predicted molar refractivity (Wildman–Crippen MR) is 55.1 cm³/mol. The molecular formula is C12H18. The van der Waals surface area contributed by atoms with Gasteiger partial charge in [-0.25, -0.2) is 0 Å². The maximum atomic E-state index is 2.26. The van der Waals surface area contributed by atoms with Crippen molar-refractivity contribution in [2.75, 3.05) is 0 Å². The summed E-state index contributed by atoms with van der Waals surface area (Å²) in [6, 6.07) is 0. The van der Waals surface area contributed by atoms with Crippen LogP contribution >= 0.6 is 0 Å². The fourth-order valence-electron chi connectivity index (χ4n) is 1.67. The molecule has 12 heavy (non-hydrogen) atoms. The first kappa shape index (κ1) is 9.31. The number of rotatable bonds is 0. The number of hydrogen-bond donors (Lipinski definition) is 0. The van der Waals surface area contributed by atoms with Crippen LogP contribution in [0.2, 0.25) is 0 Å². The van der Waals surface area contributed by atoms with Gasteiger partial charge in [0.05, 0.1) is 0 Å². The molecule has 0 amide bonds. The van der Waals surface area contributed by atoms with Crippen molar-refractivity contribution in [3.05, 3.63) is 34.9 Å². The van der Waals surface area contributed by atoms with E-state index in [-0.39, 0.29) is 0 Å². The van der Waals surface area contributed by atoms with E-state index in [1.807, 2.05) is 0 Å². The molecule has 0 spiro atoms. The van der Waals surface area contributed by atoms with Crippen LogP contribution in [0.5, 0.6) is 0 Å². The van der Waals surface area contributed by atoms with E-state index in [4.69, 9.17) is 0 Å². The van der Waals surface area contributed by atoms with Gasteiger partial charge in [-0.2, -0.15) is 0 Å².